The second-order valence-electron chi connectivity index (χ2n) is 3.15. The van der Waals surface area contributed by atoms with Gasteiger partial charge in [0.25, 0.3) is 0 Å². The van der Waals surface area contributed by atoms with Crippen molar-refractivity contribution >= 4 is 27.5 Å². The lowest BCUT2D eigenvalue weighted by atomic mass is 10.1. The van der Waals surface area contributed by atoms with Crippen molar-refractivity contribution in [3.63, 3.8) is 0 Å². The summed E-state index contributed by atoms with van der Waals surface area (Å²) in [5, 5.41) is 9.57. The van der Waals surface area contributed by atoms with Crippen LogP contribution in [0.25, 0.3) is 11.3 Å². The molecule has 1 aromatic heterocycles. The first-order valence-electron chi connectivity index (χ1n) is 4.43. The summed E-state index contributed by atoms with van der Waals surface area (Å²) in [4.78, 5) is 0. The van der Waals surface area contributed by atoms with Crippen molar-refractivity contribution in [1.29, 1.82) is 0 Å². The fourth-order valence-electron chi connectivity index (χ4n) is 1.36. The number of rotatable bonds is 2. The first-order chi connectivity index (χ1) is 7.22. The molecule has 1 heterocycles. The van der Waals surface area contributed by atoms with Gasteiger partial charge >= 0.3 is 0 Å². The third-order valence-corrected chi connectivity index (χ3v) is 2.97. The minimum atomic E-state index is 0.725. The van der Waals surface area contributed by atoms with Gasteiger partial charge in [0.2, 0.25) is 0 Å². The van der Waals surface area contributed by atoms with Gasteiger partial charge in [-0.3, -0.25) is 4.68 Å². The fraction of sp³-hybridized carbons (Fsp3) is 0.200. The Hall–Kier alpha value is -0.870. The number of benzene rings is 1. The number of hydrogen-bond donors (Lipinski definition) is 0. The smallest absolute Gasteiger partial charge is 0.117 e. The van der Waals surface area contributed by atoms with Crippen LogP contribution in [0.5, 0.6) is 0 Å². The predicted octanol–water partition coefficient (Wildman–Crippen LogP) is 3.03. The van der Waals surface area contributed by atoms with Crippen LogP contribution in [0.2, 0.25) is 5.02 Å². The van der Waals surface area contributed by atoms with Crippen molar-refractivity contribution < 1.29 is 0 Å². The van der Waals surface area contributed by atoms with Crippen molar-refractivity contribution in [3.05, 3.63) is 35.0 Å². The molecule has 1 aromatic carbocycles. The molecule has 5 heteroatoms. The molecule has 0 aliphatic carbocycles. The van der Waals surface area contributed by atoms with Crippen LogP contribution < -0.4 is 0 Å². The highest BCUT2D eigenvalue weighted by atomic mass is 79.9. The zero-order chi connectivity index (χ0) is 10.8. The molecule has 0 N–H and O–H groups in total. The standard InChI is InChI=1S/C10H9BrClN3/c1-15-9(6-11)10(13-14-15)7-2-4-8(12)5-3-7/h2-5H,6H2,1H3. The fourth-order valence-corrected chi connectivity index (χ4v) is 2.11. The molecule has 0 saturated heterocycles. The van der Waals surface area contributed by atoms with Crippen LogP contribution in [0, 0.1) is 0 Å². The highest BCUT2D eigenvalue weighted by molar-refractivity contribution is 9.08. The largest absolute Gasteiger partial charge is 0.251 e. The van der Waals surface area contributed by atoms with E-state index in [1.165, 1.54) is 0 Å². The lowest BCUT2D eigenvalue weighted by Gasteiger charge is -2.00. The van der Waals surface area contributed by atoms with Crippen LogP contribution in [0.15, 0.2) is 24.3 Å². The Labute approximate surface area is 101 Å². The van der Waals surface area contributed by atoms with E-state index in [-0.39, 0.29) is 0 Å². The summed E-state index contributed by atoms with van der Waals surface area (Å²) in [5.74, 6) is 0. The van der Waals surface area contributed by atoms with Gasteiger partial charge in [0.05, 0.1) is 5.69 Å². The second kappa shape index (κ2) is 4.33. The van der Waals surface area contributed by atoms with Crippen LogP contribution in [0.1, 0.15) is 5.69 Å². The summed E-state index contributed by atoms with van der Waals surface area (Å²) < 4.78 is 1.76. The molecule has 78 valence electrons. The van der Waals surface area contributed by atoms with Gasteiger partial charge in [-0.2, -0.15) is 0 Å². The summed E-state index contributed by atoms with van der Waals surface area (Å²) in [7, 11) is 1.88. The normalized spacial score (nSPS) is 10.6. The van der Waals surface area contributed by atoms with Gasteiger partial charge in [0.1, 0.15) is 5.69 Å². The first-order valence-corrected chi connectivity index (χ1v) is 5.93. The lowest BCUT2D eigenvalue weighted by Crippen LogP contribution is -1.95. The first kappa shape index (κ1) is 10.6. The van der Waals surface area contributed by atoms with Gasteiger partial charge in [-0.1, -0.05) is 44.9 Å². The van der Waals surface area contributed by atoms with E-state index in [0.717, 1.165) is 27.3 Å². The molecule has 3 nitrogen and oxygen atoms in total. The minimum Gasteiger partial charge on any atom is -0.251 e. The number of hydrogen-bond acceptors (Lipinski definition) is 2. The van der Waals surface area contributed by atoms with Crippen LogP contribution in [0.3, 0.4) is 0 Å². The van der Waals surface area contributed by atoms with E-state index in [2.05, 4.69) is 26.2 Å². The van der Waals surface area contributed by atoms with Crippen molar-refractivity contribution in [1.82, 2.24) is 15.0 Å². The van der Waals surface area contributed by atoms with Crippen LogP contribution in [-0.2, 0) is 12.4 Å². The third kappa shape index (κ3) is 2.06. The Morgan fingerprint density at radius 1 is 1.33 bits per heavy atom. The van der Waals surface area contributed by atoms with Crippen molar-refractivity contribution in [3.8, 4) is 11.3 Å². The van der Waals surface area contributed by atoms with Crippen molar-refractivity contribution in [2.45, 2.75) is 5.33 Å². The molecular formula is C10H9BrClN3. The van der Waals surface area contributed by atoms with E-state index < -0.39 is 0 Å². The summed E-state index contributed by atoms with van der Waals surface area (Å²) >= 11 is 9.25. The molecule has 0 aliphatic rings. The van der Waals surface area contributed by atoms with Crippen molar-refractivity contribution in [2.24, 2.45) is 7.05 Å². The molecule has 0 atom stereocenters. The number of nitrogens with zero attached hydrogens (tertiary/aromatic N) is 3. The third-order valence-electron chi connectivity index (χ3n) is 2.19. The predicted molar refractivity (Wildman–Crippen MR) is 64.1 cm³/mol. The molecule has 0 saturated carbocycles. The SMILES string of the molecule is Cn1nnc(-c2ccc(Cl)cc2)c1CBr. The van der Waals surface area contributed by atoms with Gasteiger partial charge in [0.15, 0.2) is 0 Å². The Balaban J connectivity index is 2.49. The van der Waals surface area contributed by atoms with E-state index in [0.29, 0.717) is 0 Å². The summed E-state index contributed by atoms with van der Waals surface area (Å²) in [6.45, 7) is 0. The van der Waals surface area contributed by atoms with E-state index in [9.17, 15) is 0 Å². The molecule has 0 spiro atoms. The van der Waals surface area contributed by atoms with Crippen LogP contribution in [-0.4, -0.2) is 15.0 Å². The summed E-state index contributed by atoms with van der Waals surface area (Å²) in [6.07, 6.45) is 0. The topological polar surface area (TPSA) is 30.7 Å². The van der Waals surface area contributed by atoms with E-state index in [1.807, 2.05) is 31.3 Å². The molecule has 0 unspecified atom stereocenters. The van der Waals surface area contributed by atoms with E-state index >= 15 is 0 Å². The maximum atomic E-state index is 5.83. The van der Waals surface area contributed by atoms with E-state index in [1.54, 1.807) is 4.68 Å². The van der Waals surface area contributed by atoms with Gasteiger partial charge in [0, 0.05) is 23.0 Å². The number of halogens is 2. The molecule has 0 amide bonds. The van der Waals surface area contributed by atoms with Crippen molar-refractivity contribution in [2.75, 3.05) is 0 Å². The molecule has 15 heavy (non-hydrogen) atoms. The molecular weight excluding hydrogens is 277 g/mol. The number of aromatic nitrogens is 3. The van der Waals surface area contributed by atoms with E-state index in [4.69, 9.17) is 11.6 Å². The molecule has 0 aliphatic heterocycles. The highest BCUT2D eigenvalue weighted by Crippen LogP contribution is 2.23. The summed E-state index contributed by atoms with van der Waals surface area (Å²) in [5.41, 5.74) is 2.98. The van der Waals surface area contributed by atoms with Gasteiger partial charge < -0.3 is 0 Å². The average Bonchev–Trinajstić information content (AvgIpc) is 2.61. The quantitative estimate of drug-likeness (QED) is 0.795. The second-order valence-corrected chi connectivity index (χ2v) is 4.15. The molecule has 0 radical (unpaired) electrons. The highest BCUT2D eigenvalue weighted by Gasteiger charge is 2.10. The lowest BCUT2D eigenvalue weighted by molar-refractivity contribution is 0.694. The maximum Gasteiger partial charge on any atom is 0.117 e. The van der Waals surface area contributed by atoms with Gasteiger partial charge in [-0.25, -0.2) is 0 Å². The number of aryl methyl sites for hydroxylation is 1. The minimum absolute atomic E-state index is 0.725. The average molecular weight is 287 g/mol. The summed E-state index contributed by atoms with van der Waals surface area (Å²) in [6, 6.07) is 7.59. The Bertz CT molecular complexity index is 464. The van der Waals surface area contributed by atoms with Gasteiger partial charge in [-0.15, -0.1) is 5.10 Å². The molecule has 0 fully saturated rings. The zero-order valence-electron chi connectivity index (χ0n) is 8.11. The molecule has 2 aromatic rings. The molecule has 0 bridgehead atoms. The zero-order valence-corrected chi connectivity index (χ0v) is 10.5. The Morgan fingerprint density at radius 3 is 2.60 bits per heavy atom. The van der Waals surface area contributed by atoms with Gasteiger partial charge in [-0.05, 0) is 12.1 Å². The number of alkyl halides is 1. The Kier molecular flexibility index (Phi) is 3.07. The van der Waals surface area contributed by atoms with Crippen LogP contribution >= 0.6 is 27.5 Å². The van der Waals surface area contributed by atoms with Crippen LogP contribution in [0.4, 0.5) is 0 Å². The molecule has 2 rings (SSSR count). The monoisotopic (exact) mass is 285 g/mol. The Morgan fingerprint density at radius 2 is 2.00 bits per heavy atom. The maximum absolute atomic E-state index is 5.83.